The first-order valence-corrected chi connectivity index (χ1v) is 10.1. The Morgan fingerprint density at radius 1 is 1.31 bits per heavy atom. The summed E-state index contributed by atoms with van der Waals surface area (Å²) in [7, 11) is 0. The average molecular weight is 401 g/mol. The molecule has 7 nitrogen and oxygen atoms in total. The Kier molecular flexibility index (Phi) is 4.10. The summed E-state index contributed by atoms with van der Waals surface area (Å²) in [5, 5.41) is 9.76. The molecule has 1 aromatic carbocycles. The van der Waals surface area contributed by atoms with Crippen molar-refractivity contribution >= 4 is 22.6 Å². The molecule has 154 valence electrons. The number of aromatic nitrogens is 1. The lowest BCUT2D eigenvalue weighted by Crippen LogP contribution is -2.38. The van der Waals surface area contributed by atoms with Crippen molar-refractivity contribution < 1.29 is 19.0 Å². The van der Waals surface area contributed by atoms with Crippen LogP contribution in [0.25, 0.3) is 10.9 Å². The second-order valence-corrected chi connectivity index (χ2v) is 8.60. The Bertz CT molecular complexity index is 1080. The molecule has 4 atom stereocenters. The van der Waals surface area contributed by atoms with Crippen LogP contribution in [0.5, 0.6) is 5.75 Å². The van der Waals surface area contributed by atoms with Gasteiger partial charge in [0.1, 0.15) is 17.9 Å². The fraction of sp³-hybridized carbons (Fsp3) is 0.524. The predicted molar refractivity (Wildman–Crippen MR) is 106 cm³/mol. The molecule has 3 aliphatic rings. The van der Waals surface area contributed by atoms with Crippen LogP contribution in [0.2, 0.25) is 0 Å². The van der Waals surface area contributed by atoms with Crippen molar-refractivity contribution in [2.45, 2.75) is 38.3 Å². The van der Waals surface area contributed by atoms with Gasteiger partial charge in [0, 0.05) is 24.5 Å². The zero-order chi connectivity index (χ0) is 20.4. The van der Waals surface area contributed by atoms with Gasteiger partial charge in [0.05, 0.1) is 11.6 Å². The van der Waals surface area contributed by atoms with E-state index >= 15 is 4.39 Å². The van der Waals surface area contributed by atoms with Gasteiger partial charge in [0.25, 0.3) is 5.56 Å². The summed E-state index contributed by atoms with van der Waals surface area (Å²) < 4.78 is 22.7. The first-order chi connectivity index (χ1) is 13.9. The van der Waals surface area contributed by atoms with Gasteiger partial charge in [-0.25, -0.2) is 9.18 Å². The highest BCUT2D eigenvalue weighted by atomic mass is 19.1. The van der Waals surface area contributed by atoms with E-state index in [4.69, 9.17) is 10.5 Å². The number of benzene rings is 1. The summed E-state index contributed by atoms with van der Waals surface area (Å²) in [6, 6.07) is 2.34. The first-order valence-electron chi connectivity index (χ1n) is 10.1. The Morgan fingerprint density at radius 3 is 2.83 bits per heavy atom. The van der Waals surface area contributed by atoms with Crippen LogP contribution in [-0.2, 0) is 0 Å². The van der Waals surface area contributed by atoms with Gasteiger partial charge in [-0.15, -0.1) is 0 Å². The molecule has 2 aliphatic heterocycles. The zero-order valence-electron chi connectivity index (χ0n) is 16.2. The van der Waals surface area contributed by atoms with Crippen molar-refractivity contribution in [1.29, 1.82) is 0 Å². The molecule has 8 heteroatoms. The third-order valence-corrected chi connectivity index (χ3v) is 6.81. The summed E-state index contributed by atoms with van der Waals surface area (Å²) in [4.78, 5) is 26.3. The van der Waals surface area contributed by atoms with Gasteiger partial charge in [-0.2, -0.15) is 0 Å². The van der Waals surface area contributed by atoms with E-state index in [2.05, 4.69) is 0 Å². The second-order valence-electron chi connectivity index (χ2n) is 8.60. The minimum absolute atomic E-state index is 0.121. The summed E-state index contributed by atoms with van der Waals surface area (Å²) in [5.74, 6) is -0.691. The third-order valence-electron chi connectivity index (χ3n) is 6.81. The number of halogens is 1. The van der Waals surface area contributed by atoms with Gasteiger partial charge < -0.3 is 20.5 Å². The summed E-state index contributed by atoms with van der Waals surface area (Å²) in [5.41, 5.74) is 6.21. The number of rotatable bonds is 2. The molecule has 0 unspecified atom stereocenters. The van der Waals surface area contributed by atoms with E-state index in [0.717, 1.165) is 19.3 Å². The van der Waals surface area contributed by atoms with E-state index < -0.39 is 17.3 Å². The third kappa shape index (κ3) is 2.65. The Morgan fingerprint density at radius 2 is 2.10 bits per heavy atom. The number of anilines is 1. The van der Waals surface area contributed by atoms with Crippen LogP contribution < -0.4 is 20.9 Å². The SMILES string of the molecule is C[C@H]1COc2c(N3C[C@@H]4CCC[C@H](N)[C@H]4C3)c(F)cc3cc(C(=O)O)c(=O)n1c23. The van der Waals surface area contributed by atoms with Gasteiger partial charge in [-0.1, -0.05) is 6.42 Å². The van der Waals surface area contributed by atoms with Crippen molar-refractivity contribution in [3.63, 3.8) is 0 Å². The van der Waals surface area contributed by atoms with E-state index in [0.29, 0.717) is 47.3 Å². The van der Waals surface area contributed by atoms with Crippen molar-refractivity contribution in [2.24, 2.45) is 17.6 Å². The van der Waals surface area contributed by atoms with Crippen molar-refractivity contribution in [1.82, 2.24) is 4.57 Å². The Balaban J connectivity index is 1.71. The number of ether oxygens (including phenoxy) is 1. The minimum atomic E-state index is -1.32. The molecular weight excluding hydrogens is 377 g/mol. The number of carboxylic acid groups (broad SMARTS) is 1. The van der Waals surface area contributed by atoms with Crippen LogP contribution in [0, 0.1) is 17.7 Å². The molecule has 1 aromatic heterocycles. The van der Waals surface area contributed by atoms with E-state index in [9.17, 15) is 14.7 Å². The van der Waals surface area contributed by atoms with Crippen LogP contribution in [0.3, 0.4) is 0 Å². The van der Waals surface area contributed by atoms with Gasteiger partial charge in [-0.05, 0) is 43.7 Å². The molecule has 1 aliphatic carbocycles. The number of nitrogens with zero attached hydrogens (tertiary/aromatic N) is 2. The maximum Gasteiger partial charge on any atom is 0.341 e. The number of aromatic carboxylic acids is 1. The smallest absolute Gasteiger partial charge is 0.341 e. The predicted octanol–water partition coefficient (Wildman–Crippen LogP) is 2.36. The van der Waals surface area contributed by atoms with Crippen molar-refractivity contribution in [3.8, 4) is 5.75 Å². The maximum absolute atomic E-state index is 15.3. The fourth-order valence-electron chi connectivity index (χ4n) is 5.41. The van der Waals surface area contributed by atoms with Gasteiger partial charge in [-0.3, -0.25) is 9.36 Å². The molecule has 2 fully saturated rings. The van der Waals surface area contributed by atoms with Gasteiger partial charge in [0.2, 0.25) is 0 Å². The molecule has 3 N–H and O–H groups in total. The number of hydrogen-bond donors (Lipinski definition) is 2. The van der Waals surface area contributed by atoms with Crippen molar-refractivity contribution in [3.05, 3.63) is 33.9 Å². The lowest BCUT2D eigenvalue weighted by molar-refractivity contribution is 0.0694. The molecule has 0 spiro atoms. The molecule has 3 heterocycles. The molecule has 0 bridgehead atoms. The quantitative estimate of drug-likeness (QED) is 0.802. The Hall–Kier alpha value is -2.61. The van der Waals surface area contributed by atoms with Crippen LogP contribution in [0.15, 0.2) is 16.9 Å². The maximum atomic E-state index is 15.3. The van der Waals surface area contributed by atoms with Crippen LogP contribution in [0.4, 0.5) is 10.1 Å². The van der Waals surface area contributed by atoms with Crippen molar-refractivity contribution in [2.75, 3.05) is 24.6 Å². The second kappa shape index (κ2) is 6.45. The van der Waals surface area contributed by atoms with E-state index in [1.54, 1.807) is 6.92 Å². The minimum Gasteiger partial charge on any atom is -0.487 e. The van der Waals surface area contributed by atoms with Gasteiger partial charge >= 0.3 is 5.97 Å². The largest absolute Gasteiger partial charge is 0.487 e. The fourth-order valence-corrected chi connectivity index (χ4v) is 5.41. The van der Waals surface area contributed by atoms with Gasteiger partial charge in [0.15, 0.2) is 11.6 Å². The monoisotopic (exact) mass is 401 g/mol. The summed E-state index contributed by atoms with van der Waals surface area (Å²) in [6.07, 6.45) is 3.17. The lowest BCUT2D eigenvalue weighted by atomic mass is 9.78. The number of carboxylic acids is 1. The molecular formula is C21H24FN3O4. The van der Waals surface area contributed by atoms with E-state index in [-0.39, 0.29) is 24.3 Å². The molecule has 1 saturated carbocycles. The van der Waals surface area contributed by atoms with E-state index in [1.165, 1.54) is 16.7 Å². The van der Waals surface area contributed by atoms with Crippen LogP contribution >= 0.6 is 0 Å². The highest BCUT2D eigenvalue weighted by Crippen LogP contribution is 2.46. The average Bonchev–Trinajstić information content (AvgIpc) is 3.10. The molecule has 5 rings (SSSR count). The number of nitrogens with two attached hydrogens (primary N) is 1. The van der Waals surface area contributed by atoms with Crippen LogP contribution in [-0.4, -0.2) is 41.4 Å². The molecule has 2 aromatic rings. The number of pyridine rings is 1. The standard InChI is InChI=1S/C21H24FN3O4/c1-10-9-29-19-17-12(5-13(21(27)28)20(26)25(10)17)6-15(22)18(19)24-7-11-3-2-4-16(23)14(11)8-24/h5-6,10-11,14,16H,2-4,7-9,23H2,1H3,(H,27,28)/t10-,11-,14-,16-/m0/s1. The topological polar surface area (TPSA) is 97.8 Å². The number of hydrogen-bond acceptors (Lipinski definition) is 5. The first kappa shape index (κ1) is 18.4. The molecule has 0 amide bonds. The normalized spacial score (nSPS) is 28.3. The van der Waals surface area contributed by atoms with Crippen LogP contribution in [0.1, 0.15) is 42.6 Å². The Labute approximate surface area is 166 Å². The molecule has 1 saturated heterocycles. The molecule has 29 heavy (non-hydrogen) atoms. The number of carbonyl (C=O) groups is 1. The zero-order valence-corrected chi connectivity index (χ0v) is 16.2. The summed E-state index contributed by atoms with van der Waals surface area (Å²) in [6.45, 7) is 3.35. The lowest BCUT2D eigenvalue weighted by Gasteiger charge is -2.31. The highest BCUT2D eigenvalue weighted by Gasteiger charge is 2.41. The molecule has 0 radical (unpaired) electrons. The number of fused-ring (bicyclic) bond motifs is 1. The highest BCUT2D eigenvalue weighted by molar-refractivity contribution is 5.97. The van der Waals surface area contributed by atoms with E-state index in [1.807, 2.05) is 4.90 Å². The summed E-state index contributed by atoms with van der Waals surface area (Å²) >= 11 is 0.